The Morgan fingerprint density at radius 3 is 2.80 bits per heavy atom. The number of hydrogen-bond acceptors (Lipinski definition) is 1. The summed E-state index contributed by atoms with van der Waals surface area (Å²) in [6.07, 6.45) is 1.96. The molecule has 0 fully saturated rings. The molecular formula is C12H12N3+. The predicted octanol–water partition coefficient (Wildman–Crippen LogP) is 1.50. The minimum Gasteiger partial charge on any atom is -0.396 e. The van der Waals surface area contributed by atoms with Crippen molar-refractivity contribution >= 4 is 22.4 Å². The Labute approximate surface area is 87.4 Å². The maximum Gasteiger partial charge on any atom is 0.287 e. The lowest BCUT2D eigenvalue weighted by Gasteiger charge is -1.90. The van der Waals surface area contributed by atoms with Gasteiger partial charge >= 0.3 is 0 Å². The molecule has 0 aliphatic heterocycles. The molecule has 0 aliphatic carbocycles. The number of nitrogens with zero attached hydrogens (tertiary/aromatic N) is 2. The summed E-state index contributed by atoms with van der Waals surface area (Å²) in [7, 11) is 2.06. The molecule has 2 N–H and O–H groups in total. The molecular weight excluding hydrogens is 186 g/mol. The van der Waals surface area contributed by atoms with Crippen LogP contribution < -0.4 is 10.3 Å². The zero-order chi connectivity index (χ0) is 10.4. The molecule has 3 nitrogen and oxygen atoms in total. The van der Waals surface area contributed by atoms with Crippen LogP contribution in [0.1, 0.15) is 0 Å². The van der Waals surface area contributed by atoms with Gasteiger partial charge in [0.05, 0.1) is 12.7 Å². The SMILES string of the molecule is C[n+]1c2ccccc2n2cc(N)ccc21. The van der Waals surface area contributed by atoms with E-state index in [9.17, 15) is 0 Å². The second-order valence-corrected chi connectivity index (χ2v) is 3.74. The lowest BCUT2D eigenvalue weighted by atomic mass is 10.3. The fraction of sp³-hybridized carbons (Fsp3) is 0.0833. The van der Waals surface area contributed by atoms with Gasteiger partial charge in [-0.3, -0.25) is 0 Å². The number of benzene rings is 1. The largest absolute Gasteiger partial charge is 0.396 e. The normalized spacial score (nSPS) is 11.3. The van der Waals surface area contributed by atoms with Crippen LogP contribution >= 0.6 is 0 Å². The molecule has 0 atom stereocenters. The summed E-state index contributed by atoms with van der Waals surface area (Å²) in [6, 6.07) is 12.3. The van der Waals surface area contributed by atoms with Gasteiger partial charge in [-0.15, -0.1) is 0 Å². The van der Waals surface area contributed by atoms with Crippen molar-refractivity contribution in [2.75, 3.05) is 5.73 Å². The average molecular weight is 198 g/mol. The molecule has 3 heteroatoms. The molecule has 0 bridgehead atoms. The fourth-order valence-electron chi connectivity index (χ4n) is 2.05. The number of imidazole rings is 1. The molecule has 3 rings (SSSR count). The maximum atomic E-state index is 5.79. The number of pyridine rings is 1. The van der Waals surface area contributed by atoms with Crippen molar-refractivity contribution in [1.29, 1.82) is 0 Å². The van der Waals surface area contributed by atoms with Crippen LogP contribution in [0.3, 0.4) is 0 Å². The molecule has 74 valence electrons. The van der Waals surface area contributed by atoms with Gasteiger partial charge in [-0.25, -0.2) is 4.57 Å². The predicted molar refractivity (Wildman–Crippen MR) is 60.5 cm³/mol. The van der Waals surface area contributed by atoms with E-state index in [1.54, 1.807) is 0 Å². The van der Waals surface area contributed by atoms with Crippen molar-refractivity contribution in [2.24, 2.45) is 7.05 Å². The van der Waals surface area contributed by atoms with Crippen LogP contribution in [0.15, 0.2) is 42.6 Å². The number of aryl methyl sites for hydroxylation is 1. The topological polar surface area (TPSA) is 34.3 Å². The van der Waals surface area contributed by atoms with E-state index < -0.39 is 0 Å². The Hall–Kier alpha value is -2.03. The lowest BCUT2D eigenvalue weighted by Crippen LogP contribution is -2.26. The highest BCUT2D eigenvalue weighted by Gasteiger charge is 2.14. The molecule has 2 aromatic heterocycles. The third-order valence-corrected chi connectivity index (χ3v) is 2.80. The summed E-state index contributed by atoms with van der Waals surface area (Å²) in [5, 5.41) is 0. The first-order valence-corrected chi connectivity index (χ1v) is 4.92. The molecule has 3 aromatic rings. The number of rotatable bonds is 0. The van der Waals surface area contributed by atoms with Gasteiger partial charge in [0.25, 0.3) is 5.65 Å². The molecule has 0 unspecified atom stereocenters. The molecule has 0 spiro atoms. The van der Waals surface area contributed by atoms with Crippen LogP contribution in [-0.2, 0) is 7.05 Å². The molecule has 0 saturated carbocycles. The number of hydrogen-bond donors (Lipinski definition) is 1. The van der Waals surface area contributed by atoms with E-state index in [-0.39, 0.29) is 0 Å². The van der Waals surface area contributed by atoms with Gasteiger partial charge < -0.3 is 5.73 Å². The fourth-order valence-corrected chi connectivity index (χ4v) is 2.05. The van der Waals surface area contributed by atoms with E-state index in [1.165, 1.54) is 11.0 Å². The van der Waals surface area contributed by atoms with Crippen LogP contribution in [-0.4, -0.2) is 4.40 Å². The second-order valence-electron chi connectivity index (χ2n) is 3.74. The van der Waals surface area contributed by atoms with Gasteiger partial charge in [0.1, 0.15) is 6.20 Å². The Morgan fingerprint density at radius 1 is 1.13 bits per heavy atom. The van der Waals surface area contributed by atoms with Crippen molar-refractivity contribution in [3.05, 3.63) is 42.6 Å². The van der Waals surface area contributed by atoms with Crippen molar-refractivity contribution < 1.29 is 4.57 Å². The monoisotopic (exact) mass is 198 g/mol. The van der Waals surface area contributed by atoms with Gasteiger partial charge in [0.15, 0.2) is 11.0 Å². The van der Waals surface area contributed by atoms with Crippen LogP contribution in [0.25, 0.3) is 16.7 Å². The van der Waals surface area contributed by atoms with Gasteiger partial charge in [-0.1, -0.05) is 12.1 Å². The molecule has 0 amide bonds. The number of nitrogen functional groups attached to an aromatic ring is 1. The number of aromatic nitrogens is 2. The Morgan fingerprint density at radius 2 is 1.93 bits per heavy atom. The minimum atomic E-state index is 0.781. The summed E-state index contributed by atoms with van der Waals surface area (Å²) >= 11 is 0. The zero-order valence-corrected chi connectivity index (χ0v) is 8.51. The average Bonchev–Trinajstić information content (AvgIpc) is 2.54. The standard InChI is InChI=1S/C12H12N3/c1-14-10-4-2-3-5-11(10)15-8-9(13)6-7-12(14)15/h2-8H,13H2,1H3/q+1. The second kappa shape index (κ2) is 2.73. The van der Waals surface area contributed by atoms with Crippen LogP contribution in [0.4, 0.5) is 5.69 Å². The lowest BCUT2D eigenvalue weighted by molar-refractivity contribution is -0.618. The number of fused-ring (bicyclic) bond motifs is 3. The quantitative estimate of drug-likeness (QED) is 0.546. The van der Waals surface area contributed by atoms with Crippen LogP contribution in [0, 0.1) is 0 Å². The molecule has 1 aromatic carbocycles. The molecule has 0 radical (unpaired) electrons. The Bertz CT molecular complexity index is 652. The van der Waals surface area contributed by atoms with Crippen molar-refractivity contribution in [3.8, 4) is 0 Å². The van der Waals surface area contributed by atoms with E-state index in [0.29, 0.717) is 0 Å². The van der Waals surface area contributed by atoms with E-state index in [2.05, 4.69) is 28.1 Å². The van der Waals surface area contributed by atoms with E-state index in [1.807, 2.05) is 30.5 Å². The number of para-hydroxylation sites is 2. The third kappa shape index (κ3) is 1.03. The van der Waals surface area contributed by atoms with Gasteiger partial charge in [0.2, 0.25) is 0 Å². The summed E-state index contributed by atoms with van der Waals surface area (Å²) in [5.74, 6) is 0. The summed E-state index contributed by atoms with van der Waals surface area (Å²) in [5.41, 5.74) is 10.1. The number of nitrogens with two attached hydrogens (primary N) is 1. The maximum absolute atomic E-state index is 5.79. The van der Waals surface area contributed by atoms with Crippen LogP contribution in [0.5, 0.6) is 0 Å². The number of anilines is 1. The highest BCUT2D eigenvalue weighted by molar-refractivity contribution is 5.76. The van der Waals surface area contributed by atoms with Crippen molar-refractivity contribution in [3.63, 3.8) is 0 Å². The molecule has 15 heavy (non-hydrogen) atoms. The van der Waals surface area contributed by atoms with E-state index >= 15 is 0 Å². The molecule has 2 heterocycles. The first-order chi connectivity index (χ1) is 7.27. The van der Waals surface area contributed by atoms with Crippen molar-refractivity contribution in [1.82, 2.24) is 4.40 Å². The smallest absolute Gasteiger partial charge is 0.287 e. The van der Waals surface area contributed by atoms with E-state index in [4.69, 9.17) is 5.73 Å². The summed E-state index contributed by atoms with van der Waals surface area (Å²) in [6.45, 7) is 0. The zero-order valence-electron chi connectivity index (χ0n) is 8.51. The highest BCUT2D eigenvalue weighted by Crippen LogP contribution is 2.15. The summed E-state index contributed by atoms with van der Waals surface area (Å²) < 4.78 is 4.28. The minimum absolute atomic E-state index is 0.781. The van der Waals surface area contributed by atoms with Crippen LogP contribution in [0.2, 0.25) is 0 Å². The first-order valence-electron chi connectivity index (χ1n) is 4.92. The Kier molecular flexibility index (Phi) is 1.51. The van der Waals surface area contributed by atoms with E-state index in [0.717, 1.165) is 11.3 Å². The molecule has 0 aliphatic rings. The van der Waals surface area contributed by atoms with Gasteiger partial charge in [0, 0.05) is 6.07 Å². The highest BCUT2D eigenvalue weighted by atomic mass is 15.1. The summed E-state index contributed by atoms with van der Waals surface area (Å²) in [4.78, 5) is 0. The van der Waals surface area contributed by atoms with Gasteiger partial charge in [-0.2, -0.15) is 4.40 Å². The van der Waals surface area contributed by atoms with Gasteiger partial charge in [-0.05, 0) is 18.2 Å². The van der Waals surface area contributed by atoms with Crippen molar-refractivity contribution in [2.45, 2.75) is 0 Å². The molecule has 0 saturated heterocycles. The Balaban J connectivity index is 2.64. The third-order valence-electron chi connectivity index (χ3n) is 2.80. The first kappa shape index (κ1) is 8.29.